The number of ether oxygens (including phenoxy) is 2. The van der Waals surface area contributed by atoms with E-state index >= 15 is 0 Å². The van der Waals surface area contributed by atoms with Gasteiger partial charge < -0.3 is 14.8 Å². The minimum atomic E-state index is -4.22. The second-order valence-corrected chi connectivity index (χ2v) is 4.58. The first-order chi connectivity index (χ1) is 9.08. The number of rotatable bonds is 9. The fraction of sp³-hybridized carbons (Fsp3) is 1.00. The maximum absolute atomic E-state index is 11.8. The molecular formula is C12H23F3N2O2. The quantitative estimate of drug-likeness (QED) is 0.647. The normalized spacial score (nSPS) is 17.8. The van der Waals surface area contributed by atoms with E-state index in [0.717, 1.165) is 45.8 Å². The van der Waals surface area contributed by atoms with Crippen LogP contribution in [0.5, 0.6) is 0 Å². The zero-order chi connectivity index (χ0) is 14.0. The molecule has 0 atom stereocenters. The fourth-order valence-electron chi connectivity index (χ4n) is 1.86. The van der Waals surface area contributed by atoms with Crippen LogP contribution >= 0.6 is 0 Å². The molecule has 0 aromatic carbocycles. The van der Waals surface area contributed by atoms with E-state index in [2.05, 4.69) is 15.0 Å². The molecule has 0 amide bonds. The maximum Gasteiger partial charge on any atom is 0.411 e. The lowest BCUT2D eigenvalue weighted by Gasteiger charge is -2.26. The van der Waals surface area contributed by atoms with E-state index in [0.29, 0.717) is 13.0 Å². The fourth-order valence-corrected chi connectivity index (χ4v) is 1.86. The van der Waals surface area contributed by atoms with Gasteiger partial charge in [0, 0.05) is 19.7 Å². The van der Waals surface area contributed by atoms with Gasteiger partial charge in [-0.25, -0.2) is 0 Å². The van der Waals surface area contributed by atoms with Gasteiger partial charge in [-0.15, -0.1) is 0 Å². The van der Waals surface area contributed by atoms with Crippen molar-refractivity contribution in [2.75, 3.05) is 59.2 Å². The van der Waals surface area contributed by atoms with Crippen molar-refractivity contribution in [3.63, 3.8) is 0 Å². The highest BCUT2D eigenvalue weighted by Crippen LogP contribution is 2.14. The molecule has 1 fully saturated rings. The van der Waals surface area contributed by atoms with Crippen molar-refractivity contribution in [1.82, 2.24) is 10.2 Å². The zero-order valence-corrected chi connectivity index (χ0v) is 11.2. The smallest absolute Gasteiger partial charge is 0.379 e. The summed E-state index contributed by atoms with van der Waals surface area (Å²) in [5.41, 5.74) is 0. The lowest BCUT2D eigenvalue weighted by molar-refractivity contribution is -0.173. The first-order valence-corrected chi connectivity index (χ1v) is 6.73. The molecule has 1 N–H and O–H groups in total. The van der Waals surface area contributed by atoms with Crippen molar-refractivity contribution in [2.45, 2.75) is 19.0 Å². The minimum absolute atomic E-state index is 0.149. The van der Waals surface area contributed by atoms with Crippen molar-refractivity contribution >= 4 is 0 Å². The van der Waals surface area contributed by atoms with Gasteiger partial charge in [0.25, 0.3) is 0 Å². The monoisotopic (exact) mass is 284 g/mol. The van der Waals surface area contributed by atoms with Gasteiger partial charge in [-0.2, -0.15) is 13.2 Å². The van der Waals surface area contributed by atoms with E-state index in [4.69, 9.17) is 4.74 Å². The van der Waals surface area contributed by atoms with Crippen molar-refractivity contribution in [3.05, 3.63) is 0 Å². The van der Waals surface area contributed by atoms with Gasteiger partial charge >= 0.3 is 6.18 Å². The minimum Gasteiger partial charge on any atom is -0.379 e. The Morgan fingerprint density at radius 1 is 1.11 bits per heavy atom. The van der Waals surface area contributed by atoms with Crippen LogP contribution in [-0.4, -0.2) is 70.2 Å². The topological polar surface area (TPSA) is 33.7 Å². The van der Waals surface area contributed by atoms with Crippen LogP contribution in [0.25, 0.3) is 0 Å². The summed E-state index contributed by atoms with van der Waals surface area (Å²) in [6, 6.07) is 0. The molecule has 0 radical (unpaired) electrons. The van der Waals surface area contributed by atoms with E-state index in [1.54, 1.807) is 0 Å². The number of nitrogens with one attached hydrogen (secondary N) is 1. The zero-order valence-electron chi connectivity index (χ0n) is 11.2. The second kappa shape index (κ2) is 9.52. The summed E-state index contributed by atoms with van der Waals surface area (Å²) in [5, 5.41) is 3.20. The number of hydrogen-bond donors (Lipinski definition) is 1. The maximum atomic E-state index is 11.8. The van der Waals surface area contributed by atoms with Crippen molar-refractivity contribution < 1.29 is 22.6 Å². The summed E-state index contributed by atoms with van der Waals surface area (Å²) < 4.78 is 45.0. The van der Waals surface area contributed by atoms with Crippen LogP contribution < -0.4 is 5.32 Å². The number of alkyl halides is 3. The molecule has 0 bridgehead atoms. The molecule has 1 aliphatic rings. The lowest BCUT2D eigenvalue weighted by Crippen LogP contribution is -2.37. The van der Waals surface area contributed by atoms with Gasteiger partial charge in [-0.1, -0.05) is 0 Å². The Kier molecular flexibility index (Phi) is 8.36. The predicted octanol–water partition coefficient (Wildman–Crippen LogP) is 1.27. The van der Waals surface area contributed by atoms with Gasteiger partial charge in [0.1, 0.15) is 6.61 Å². The SMILES string of the molecule is FC(F)(F)COCCCNCCCN1CCOCC1. The van der Waals surface area contributed by atoms with Gasteiger partial charge in [0.05, 0.1) is 13.2 Å². The molecule has 4 nitrogen and oxygen atoms in total. The third-order valence-corrected chi connectivity index (χ3v) is 2.84. The first kappa shape index (κ1) is 16.7. The number of hydrogen-bond acceptors (Lipinski definition) is 4. The third kappa shape index (κ3) is 10.1. The first-order valence-electron chi connectivity index (χ1n) is 6.73. The van der Waals surface area contributed by atoms with E-state index in [-0.39, 0.29) is 6.61 Å². The van der Waals surface area contributed by atoms with Crippen LogP contribution in [0.1, 0.15) is 12.8 Å². The molecule has 0 unspecified atom stereocenters. The summed E-state index contributed by atoms with van der Waals surface area (Å²) in [6.45, 7) is 5.23. The second-order valence-electron chi connectivity index (χ2n) is 4.58. The lowest BCUT2D eigenvalue weighted by atomic mass is 10.3. The largest absolute Gasteiger partial charge is 0.411 e. The molecule has 0 aliphatic carbocycles. The molecule has 1 rings (SSSR count). The summed E-state index contributed by atoms with van der Waals surface area (Å²) >= 11 is 0. The van der Waals surface area contributed by atoms with E-state index in [1.807, 2.05) is 0 Å². The van der Waals surface area contributed by atoms with E-state index in [1.165, 1.54) is 0 Å². The molecule has 1 aliphatic heterocycles. The van der Waals surface area contributed by atoms with Gasteiger partial charge in [-0.05, 0) is 32.5 Å². The Hall–Kier alpha value is -0.370. The Balaban J connectivity index is 1.78. The predicted molar refractivity (Wildman–Crippen MR) is 66.2 cm³/mol. The van der Waals surface area contributed by atoms with Crippen molar-refractivity contribution in [3.8, 4) is 0 Å². The van der Waals surface area contributed by atoms with Crippen LogP contribution in [0.2, 0.25) is 0 Å². The number of morpholine rings is 1. The summed E-state index contributed by atoms with van der Waals surface area (Å²) in [4.78, 5) is 2.36. The summed E-state index contributed by atoms with van der Waals surface area (Å²) in [5.74, 6) is 0. The van der Waals surface area contributed by atoms with Crippen LogP contribution in [0.4, 0.5) is 13.2 Å². The Labute approximate surface area is 112 Å². The Bertz CT molecular complexity index is 222. The molecule has 0 aromatic rings. The average Bonchev–Trinajstić information content (AvgIpc) is 2.37. The van der Waals surface area contributed by atoms with Crippen LogP contribution in [0.3, 0.4) is 0 Å². The highest BCUT2D eigenvalue weighted by atomic mass is 19.4. The molecule has 1 heterocycles. The standard InChI is InChI=1S/C12H23F3N2O2/c13-12(14,15)11-19-8-2-4-16-3-1-5-17-6-9-18-10-7-17/h16H,1-11H2. The van der Waals surface area contributed by atoms with Crippen LogP contribution in [0, 0.1) is 0 Å². The highest BCUT2D eigenvalue weighted by Gasteiger charge is 2.27. The van der Waals surface area contributed by atoms with Gasteiger partial charge in [0.2, 0.25) is 0 Å². The van der Waals surface area contributed by atoms with E-state index in [9.17, 15) is 13.2 Å². The molecule has 114 valence electrons. The van der Waals surface area contributed by atoms with Crippen molar-refractivity contribution in [1.29, 1.82) is 0 Å². The van der Waals surface area contributed by atoms with Crippen LogP contribution in [-0.2, 0) is 9.47 Å². The number of halogens is 3. The molecule has 0 spiro atoms. The molecule has 0 saturated carbocycles. The molecule has 0 aromatic heterocycles. The Morgan fingerprint density at radius 3 is 2.47 bits per heavy atom. The molecule has 19 heavy (non-hydrogen) atoms. The number of nitrogens with zero attached hydrogens (tertiary/aromatic N) is 1. The van der Waals surface area contributed by atoms with E-state index < -0.39 is 12.8 Å². The summed E-state index contributed by atoms with van der Waals surface area (Å²) in [7, 11) is 0. The molecule has 1 saturated heterocycles. The summed E-state index contributed by atoms with van der Waals surface area (Å²) in [6.07, 6.45) is -2.57. The average molecular weight is 284 g/mol. The van der Waals surface area contributed by atoms with Gasteiger partial charge in [0.15, 0.2) is 0 Å². The molecule has 7 heteroatoms. The molecular weight excluding hydrogens is 261 g/mol. The highest BCUT2D eigenvalue weighted by molar-refractivity contribution is 4.62. The third-order valence-electron chi connectivity index (χ3n) is 2.84. The Morgan fingerprint density at radius 2 is 1.79 bits per heavy atom. The van der Waals surface area contributed by atoms with Crippen molar-refractivity contribution in [2.24, 2.45) is 0 Å². The van der Waals surface area contributed by atoms with Crippen LogP contribution in [0.15, 0.2) is 0 Å². The van der Waals surface area contributed by atoms with Gasteiger partial charge in [-0.3, -0.25) is 4.90 Å².